The molecule has 24 heavy (non-hydrogen) atoms. The maximum absolute atomic E-state index is 12.3. The normalized spacial score (nSPS) is 19.9. The summed E-state index contributed by atoms with van der Waals surface area (Å²) in [5, 5.41) is 3.96. The predicted octanol–water partition coefficient (Wildman–Crippen LogP) is 1.69. The minimum Gasteiger partial charge on any atom is -0.340 e. The Labute approximate surface area is 145 Å². The van der Waals surface area contributed by atoms with Crippen molar-refractivity contribution in [1.82, 2.24) is 19.9 Å². The van der Waals surface area contributed by atoms with E-state index in [0.717, 1.165) is 36.8 Å². The minimum atomic E-state index is -0.918. The number of likely N-dealkylation sites (N-methyl/N-ethyl adjacent to an activating group) is 1. The second kappa shape index (κ2) is 8.00. The summed E-state index contributed by atoms with van der Waals surface area (Å²) in [6.07, 6.45) is 1.12. The first kappa shape index (κ1) is 17.3. The number of hydrogen-bond acceptors (Lipinski definition) is 6. The Bertz CT molecular complexity index is 676. The molecule has 1 saturated heterocycles. The van der Waals surface area contributed by atoms with Crippen LogP contribution in [0.25, 0.3) is 0 Å². The Morgan fingerprint density at radius 1 is 1.38 bits per heavy atom. The smallest absolute Gasteiger partial charge is 0.223 e. The lowest BCUT2D eigenvalue weighted by Crippen LogP contribution is -2.35. The van der Waals surface area contributed by atoms with Crippen LogP contribution in [0, 0.1) is 6.92 Å². The fourth-order valence-corrected chi connectivity index (χ4v) is 4.16. The number of aryl methyl sites for hydroxylation is 1. The standard InChI is InChI=1S/C17H24N4O2S/c1-14-18-17(19-23-14)13-20(2)15-8-9-21(12-15)10-11-24(22)16-6-4-3-5-7-16/h3-7,15H,8-13H2,1-2H3/t15-,24+/m0/s1. The van der Waals surface area contributed by atoms with Crippen LogP contribution in [0.15, 0.2) is 39.8 Å². The molecule has 1 aromatic carbocycles. The van der Waals surface area contributed by atoms with Gasteiger partial charge in [-0.25, -0.2) is 0 Å². The topological polar surface area (TPSA) is 62.5 Å². The highest BCUT2D eigenvalue weighted by Crippen LogP contribution is 2.16. The lowest BCUT2D eigenvalue weighted by molar-refractivity contribution is 0.220. The summed E-state index contributed by atoms with van der Waals surface area (Å²) in [4.78, 5) is 9.84. The zero-order valence-corrected chi connectivity index (χ0v) is 15.0. The Balaban J connectivity index is 1.44. The van der Waals surface area contributed by atoms with E-state index in [4.69, 9.17) is 4.52 Å². The number of likely N-dealkylation sites (tertiary alicyclic amines) is 1. The third-order valence-corrected chi connectivity index (χ3v) is 5.78. The molecule has 2 atom stereocenters. The van der Waals surface area contributed by atoms with Gasteiger partial charge >= 0.3 is 0 Å². The first-order chi connectivity index (χ1) is 11.6. The zero-order chi connectivity index (χ0) is 16.9. The Morgan fingerprint density at radius 2 is 2.17 bits per heavy atom. The zero-order valence-electron chi connectivity index (χ0n) is 14.2. The maximum Gasteiger partial charge on any atom is 0.223 e. The number of hydrogen-bond donors (Lipinski definition) is 0. The van der Waals surface area contributed by atoms with Crippen LogP contribution in [0.4, 0.5) is 0 Å². The second-order valence-corrected chi connectivity index (χ2v) is 7.82. The molecule has 2 aromatic rings. The Kier molecular flexibility index (Phi) is 5.76. The van der Waals surface area contributed by atoms with E-state index in [1.54, 1.807) is 6.92 Å². The molecule has 0 amide bonds. The van der Waals surface area contributed by atoms with Gasteiger partial charge in [-0.3, -0.25) is 9.11 Å². The van der Waals surface area contributed by atoms with Crippen molar-refractivity contribution in [3.63, 3.8) is 0 Å². The highest BCUT2D eigenvalue weighted by Gasteiger charge is 2.26. The molecular weight excluding hydrogens is 324 g/mol. The third kappa shape index (κ3) is 4.49. The summed E-state index contributed by atoms with van der Waals surface area (Å²) in [5.74, 6) is 2.03. The minimum absolute atomic E-state index is 0.481. The van der Waals surface area contributed by atoms with Crippen LogP contribution in [0.5, 0.6) is 0 Å². The highest BCUT2D eigenvalue weighted by molar-refractivity contribution is 7.85. The van der Waals surface area contributed by atoms with Crippen LogP contribution in [-0.4, -0.2) is 62.6 Å². The van der Waals surface area contributed by atoms with Gasteiger partial charge in [-0.05, 0) is 32.1 Å². The van der Waals surface area contributed by atoms with E-state index in [2.05, 4.69) is 27.0 Å². The van der Waals surface area contributed by atoms with Crippen molar-refractivity contribution in [2.75, 3.05) is 32.4 Å². The molecule has 3 rings (SSSR count). The van der Waals surface area contributed by atoms with E-state index in [0.29, 0.717) is 24.2 Å². The molecule has 1 aliphatic heterocycles. The highest BCUT2D eigenvalue weighted by atomic mass is 32.2. The molecule has 1 aliphatic rings. The molecule has 0 bridgehead atoms. The monoisotopic (exact) mass is 348 g/mol. The molecule has 0 N–H and O–H groups in total. The first-order valence-corrected chi connectivity index (χ1v) is 9.59. The lowest BCUT2D eigenvalue weighted by atomic mass is 10.2. The molecule has 7 heteroatoms. The molecule has 0 aliphatic carbocycles. The largest absolute Gasteiger partial charge is 0.340 e. The van der Waals surface area contributed by atoms with Gasteiger partial charge in [0, 0.05) is 36.7 Å². The average molecular weight is 348 g/mol. The van der Waals surface area contributed by atoms with Gasteiger partial charge in [0.15, 0.2) is 5.82 Å². The van der Waals surface area contributed by atoms with E-state index in [1.807, 2.05) is 30.3 Å². The summed E-state index contributed by atoms with van der Waals surface area (Å²) < 4.78 is 17.3. The molecule has 0 spiro atoms. The molecular formula is C17H24N4O2S. The van der Waals surface area contributed by atoms with Crippen molar-refractivity contribution in [3.8, 4) is 0 Å². The summed E-state index contributed by atoms with van der Waals surface area (Å²) in [5.41, 5.74) is 0. The van der Waals surface area contributed by atoms with Gasteiger partial charge in [-0.2, -0.15) is 4.98 Å². The third-order valence-electron chi connectivity index (χ3n) is 4.43. The fraction of sp³-hybridized carbons (Fsp3) is 0.529. The van der Waals surface area contributed by atoms with Gasteiger partial charge in [-0.15, -0.1) is 0 Å². The van der Waals surface area contributed by atoms with Gasteiger partial charge in [-0.1, -0.05) is 23.4 Å². The van der Waals surface area contributed by atoms with Crippen molar-refractivity contribution in [3.05, 3.63) is 42.0 Å². The number of benzene rings is 1. The Hall–Kier alpha value is -1.57. The van der Waals surface area contributed by atoms with Gasteiger partial charge in [0.1, 0.15) is 0 Å². The van der Waals surface area contributed by atoms with E-state index in [-0.39, 0.29) is 0 Å². The van der Waals surface area contributed by atoms with Crippen molar-refractivity contribution >= 4 is 10.8 Å². The van der Waals surface area contributed by atoms with Gasteiger partial charge < -0.3 is 9.42 Å². The molecule has 0 saturated carbocycles. The van der Waals surface area contributed by atoms with Gasteiger partial charge in [0.2, 0.25) is 5.89 Å². The molecule has 0 unspecified atom stereocenters. The maximum atomic E-state index is 12.3. The second-order valence-electron chi connectivity index (χ2n) is 6.25. The summed E-state index contributed by atoms with van der Waals surface area (Å²) in [6.45, 7) is 5.42. The first-order valence-electron chi connectivity index (χ1n) is 8.27. The Morgan fingerprint density at radius 3 is 2.88 bits per heavy atom. The molecule has 130 valence electrons. The van der Waals surface area contributed by atoms with E-state index in [9.17, 15) is 4.21 Å². The SMILES string of the molecule is Cc1nc(CN(C)[C@H]2CCN(CC[S@@](=O)c3ccccc3)C2)no1. The fourth-order valence-electron chi connectivity index (χ4n) is 3.03. The summed E-state index contributed by atoms with van der Waals surface area (Å²) >= 11 is 0. The summed E-state index contributed by atoms with van der Waals surface area (Å²) in [6, 6.07) is 10.2. The van der Waals surface area contributed by atoms with Crippen LogP contribution in [0.2, 0.25) is 0 Å². The van der Waals surface area contributed by atoms with Crippen LogP contribution in [-0.2, 0) is 17.3 Å². The molecule has 2 heterocycles. The number of rotatable bonds is 7. The average Bonchev–Trinajstić information content (AvgIpc) is 3.22. The van der Waals surface area contributed by atoms with Crippen molar-refractivity contribution in [2.45, 2.75) is 30.8 Å². The number of aromatic nitrogens is 2. The summed E-state index contributed by atoms with van der Waals surface area (Å²) in [7, 11) is 1.18. The predicted molar refractivity (Wildman–Crippen MR) is 93.1 cm³/mol. The number of nitrogens with zero attached hydrogens (tertiary/aromatic N) is 4. The van der Waals surface area contributed by atoms with Crippen LogP contribution in [0.3, 0.4) is 0 Å². The van der Waals surface area contributed by atoms with Crippen LogP contribution >= 0.6 is 0 Å². The lowest BCUT2D eigenvalue weighted by Gasteiger charge is -2.23. The van der Waals surface area contributed by atoms with Crippen molar-refractivity contribution in [2.24, 2.45) is 0 Å². The van der Waals surface area contributed by atoms with Crippen LogP contribution in [0.1, 0.15) is 18.1 Å². The quantitative estimate of drug-likeness (QED) is 0.759. The molecule has 6 nitrogen and oxygen atoms in total. The van der Waals surface area contributed by atoms with E-state index in [1.165, 1.54) is 0 Å². The molecule has 0 radical (unpaired) electrons. The molecule has 1 aromatic heterocycles. The molecule has 1 fully saturated rings. The van der Waals surface area contributed by atoms with Crippen molar-refractivity contribution in [1.29, 1.82) is 0 Å². The van der Waals surface area contributed by atoms with Gasteiger partial charge in [0.05, 0.1) is 17.3 Å². The van der Waals surface area contributed by atoms with E-state index < -0.39 is 10.8 Å². The van der Waals surface area contributed by atoms with Gasteiger partial charge in [0.25, 0.3) is 0 Å². The van der Waals surface area contributed by atoms with Crippen LogP contribution < -0.4 is 0 Å². The van der Waals surface area contributed by atoms with E-state index >= 15 is 0 Å². The van der Waals surface area contributed by atoms with Crippen molar-refractivity contribution < 1.29 is 8.73 Å².